The van der Waals surface area contributed by atoms with Crippen LogP contribution >= 0.6 is 0 Å². The third-order valence-electron chi connectivity index (χ3n) is 4.79. The highest BCUT2D eigenvalue weighted by Crippen LogP contribution is 2.29. The molecule has 1 aromatic heterocycles. The summed E-state index contributed by atoms with van der Waals surface area (Å²) in [6, 6.07) is 11.6. The molecule has 3 aromatic rings. The Morgan fingerprint density at radius 3 is 2.56 bits per heavy atom. The van der Waals surface area contributed by atoms with E-state index in [4.69, 9.17) is 14.2 Å². The number of rotatable bonds is 9. The average molecular weight is 439 g/mol. The molecule has 0 radical (unpaired) electrons. The standard InChI is InChI=1S/C23H25N3O6/c1-14(27)25-20(10-15-12-24-18-7-5-4-6-17(15)18)23(29)32-13-22(28)26-19-9-8-16(30-2)11-21(19)31-3/h4-9,11-12,20,24H,10,13H2,1-3H3,(H,25,27)(H,26,28)/t20-/m0/s1. The van der Waals surface area contributed by atoms with E-state index in [2.05, 4.69) is 15.6 Å². The highest BCUT2D eigenvalue weighted by Gasteiger charge is 2.24. The van der Waals surface area contributed by atoms with Crippen molar-refractivity contribution in [2.45, 2.75) is 19.4 Å². The molecular weight excluding hydrogens is 414 g/mol. The third-order valence-corrected chi connectivity index (χ3v) is 4.79. The molecule has 1 atom stereocenters. The average Bonchev–Trinajstić information content (AvgIpc) is 3.20. The highest BCUT2D eigenvalue weighted by atomic mass is 16.5. The summed E-state index contributed by atoms with van der Waals surface area (Å²) in [5, 5.41) is 6.17. The zero-order valence-corrected chi connectivity index (χ0v) is 18.1. The number of nitrogens with one attached hydrogen (secondary N) is 3. The summed E-state index contributed by atoms with van der Waals surface area (Å²) in [6.07, 6.45) is 2.01. The van der Waals surface area contributed by atoms with Crippen LogP contribution in [0.1, 0.15) is 12.5 Å². The Kier molecular flexibility index (Phi) is 7.33. The maximum atomic E-state index is 12.6. The SMILES string of the molecule is COc1ccc(NC(=O)COC(=O)[C@H](Cc2c[nH]c3ccccc23)NC(C)=O)c(OC)c1. The molecule has 168 valence electrons. The van der Waals surface area contributed by atoms with Crippen molar-refractivity contribution in [3.8, 4) is 11.5 Å². The smallest absolute Gasteiger partial charge is 0.329 e. The molecule has 0 unspecified atom stereocenters. The Morgan fingerprint density at radius 2 is 1.84 bits per heavy atom. The second-order valence-corrected chi connectivity index (χ2v) is 7.04. The number of fused-ring (bicyclic) bond motifs is 1. The van der Waals surface area contributed by atoms with E-state index in [-0.39, 0.29) is 12.3 Å². The van der Waals surface area contributed by atoms with Crippen LogP contribution < -0.4 is 20.1 Å². The summed E-state index contributed by atoms with van der Waals surface area (Å²) in [4.78, 5) is 39.7. The van der Waals surface area contributed by atoms with Gasteiger partial charge in [-0.15, -0.1) is 0 Å². The van der Waals surface area contributed by atoms with Gasteiger partial charge in [0.15, 0.2) is 6.61 Å². The second-order valence-electron chi connectivity index (χ2n) is 7.04. The lowest BCUT2D eigenvalue weighted by atomic mass is 10.0. The van der Waals surface area contributed by atoms with Gasteiger partial charge in [0.1, 0.15) is 17.5 Å². The van der Waals surface area contributed by atoms with Gasteiger partial charge in [0.25, 0.3) is 5.91 Å². The van der Waals surface area contributed by atoms with Gasteiger partial charge in [0, 0.05) is 36.5 Å². The summed E-state index contributed by atoms with van der Waals surface area (Å²) in [7, 11) is 2.99. The Hall–Kier alpha value is -4.01. The Balaban J connectivity index is 1.64. The van der Waals surface area contributed by atoms with E-state index >= 15 is 0 Å². The quantitative estimate of drug-likeness (QED) is 0.441. The Bertz CT molecular complexity index is 1120. The van der Waals surface area contributed by atoms with Gasteiger partial charge in [-0.3, -0.25) is 9.59 Å². The number of methoxy groups -OCH3 is 2. The molecule has 2 aromatic carbocycles. The van der Waals surface area contributed by atoms with Crippen LogP contribution in [0.15, 0.2) is 48.7 Å². The number of hydrogen-bond donors (Lipinski definition) is 3. The van der Waals surface area contributed by atoms with Crippen molar-refractivity contribution in [3.05, 3.63) is 54.2 Å². The first kappa shape index (κ1) is 22.7. The molecule has 1 heterocycles. The predicted molar refractivity (Wildman–Crippen MR) is 119 cm³/mol. The summed E-state index contributed by atoms with van der Waals surface area (Å²) in [6.45, 7) is 0.802. The van der Waals surface area contributed by atoms with Gasteiger partial charge >= 0.3 is 5.97 Å². The molecule has 9 nitrogen and oxygen atoms in total. The molecule has 3 rings (SSSR count). The predicted octanol–water partition coefficient (Wildman–Crippen LogP) is 2.41. The van der Waals surface area contributed by atoms with Crippen LogP contribution in [0.4, 0.5) is 5.69 Å². The third kappa shape index (κ3) is 5.57. The minimum absolute atomic E-state index is 0.219. The van der Waals surface area contributed by atoms with E-state index in [9.17, 15) is 14.4 Å². The first-order chi connectivity index (χ1) is 15.4. The lowest BCUT2D eigenvalue weighted by Crippen LogP contribution is -2.43. The fraction of sp³-hybridized carbons (Fsp3) is 0.261. The highest BCUT2D eigenvalue weighted by molar-refractivity contribution is 5.95. The summed E-state index contributed by atoms with van der Waals surface area (Å²) >= 11 is 0. The van der Waals surface area contributed by atoms with Crippen LogP contribution in [0.5, 0.6) is 11.5 Å². The summed E-state index contributed by atoms with van der Waals surface area (Å²) in [5.74, 6) is -0.654. The van der Waals surface area contributed by atoms with Crippen molar-refractivity contribution in [1.29, 1.82) is 0 Å². The van der Waals surface area contributed by atoms with Gasteiger partial charge in [-0.25, -0.2) is 4.79 Å². The fourth-order valence-corrected chi connectivity index (χ4v) is 3.28. The number of para-hydroxylation sites is 1. The van der Waals surface area contributed by atoms with E-state index < -0.39 is 24.5 Å². The number of benzene rings is 2. The van der Waals surface area contributed by atoms with E-state index in [1.807, 2.05) is 24.3 Å². The van der Waals surface area contributed by atoms with Gasteiger partial charge < -0.3 is 29.8 Å². The molecular formula is C23H25N3O6. The molecule has 3 N–H and O–H groups in total. The molecule has 9 heteroatoms. The Morgan fingerprint density at radius 1 is 1.06 bits per heavy atom. The van der Waals surface area contributed by atoms with Crippen molar-refractivity contribution < 1.29 is 28.6 Å². The molecule has 0 fully saturated rings. The number of carbonyl (C=O) groups is 3. The number of hydrogen-bond acceptors (Lipinski definition) is 6. The van der Waals surface area contributed by atoms with Gasteiger partial charge in [-0.05, 0) is 23.8 Å². The van der Waals surface area contributed by atoms with Crippen LogP contribution in [-0.4, -0.2) is 49.6 Å². The fourth-order valence-electron chi connectivity index (χ4n) is 3.28. The first-order valence-corrected chi connectivity index (χ1v) is 9.92. The molecule has 0 saturated heterocycles. The number of aromatic amines is 1. The van der Waals surface area contributed by atoms with Crippen molar-refractivity contribution in [2.75, 3.05) is 26.1 Å². The molecule has 0 aliphatic rings. The number of ether oxygens (including phenoxy) is 3. The molecule has 0 saturated carbocycles. The number of amides is 2. The maximum absolute atomic E-state index is 12.6. The van der Waals surface area contributed by atoms with Crippen molar-refractivity contribution in [2.24, 2.45) is 0 Å². The minimum atomic E-state index is -0.935. The van der Waals surface area contributed by atoms with Gasteiger partial charge in [0.05, 0.1) is 19.9 Å². The van der Waals surface area contributed by atoms with Crippen LogP contribution in [0, 0.1) is 0 Å². The molecule has 0 aliphatic carbocycles. The lowest BCUT2D eigenvalue weighted by molar-refractivity contribution is -0.150. The van der Waals surface area contributed by atoms with E-state index in [1.54, 1.807) is 24.4 Å². The molecule has 0 spiro atoms. The zero-order valence-electron chi connectivity index (χ0n) is 18.1. The second kappa shape index (κ2) is 10.3. The van der Waals surface area contributed by atoms with Crippen LogP contribution in [-0.2, 0) is 25.5 Å². The van der Waals surface area contributed by atoms with Crippen LogP contribution in [0.2, 0.25) is 0 Å². The molecule has 0 bridgehead atoms. The van der Waals surface area contributed by atoms with Crippen molar-refractivity contribution in [3.63, 3.8) is 0 Å². The van der Waals surface area contributed by atoms with Gasteiger partial charge in [0.2, 0.25) is 5.91 Å². The lowest BCUT2D eigenvalue weighted by Gasteiger charge is -2.17. The van der Waals surface area contributed by atoms with E-state index in [0.717, 1.165) is 16.5 Å². The van der Waals surface area contributed by atoms with E-state index in [0.29, 0.717) is 17.2 Å². The van der Waals surface area contributed by atoms with Gasteiger partial charge in [-0.2, -0.15) is 0 Å². The van der Waals surface area contributed by atoms with Crippen LogP contribution in [0.25, 0.3) is 10.9 Å². The van der Waals surface area contributed by atoms with Gasteiger partial charge in [-0.1, -0.05) is 18.2 Å². The normalized spacial score (nSPS) is 11.5. The summed E-state index contributed by atoms with van der Waals surface area (Å²) in [5.41, 5.74) is 2.18. The molecule has 2 amide bonds. The Labute approximate surface area is 185 Å². The van der Waals surface area contributed by atoms with E-state index in [1.165, 1.54) is 21.1 Å². The van der Waals surface area contributed by atoms with Crippen molar-refractivity contribution >= 4 is 34.4 Å². The number of aromatic nitrogens is 1. The number of H-pyrrole nitrogens is 1. The topological polar surface area (TPSA) is 119 Å². The molecule has 0 aliphatic heterocycles. The minimum Gasteiger partial charge on any atom is -0.497 e. The maximum Gasteiger partial charge on any atom is 0.329 e. The number of carbonyl (C=O) groups excluding carboxylic acids is 3. The number of esters is 1. The number of anilines is 1. The summed E-state index contributed by atoms with van der Waals surface area (Å²) < 4.78 is 15.5. The largest absolute Gasteiger partial charge is 0.497 e. The molecule has 32 heavy (non-hydrogen) atoms. The van der Waals surface area contributed by atoms with Crippen molar-refractivity contribution in [1.82, 2.24) is 10.3 Å². The van der Waals surface area contributed by atoms with Crippen LogP contribution in [0.3, 0.4) is 0 Å². The first-order valence-electron chi connectivity index (χ1n) is 9.92. The zero-order chi connectivity index (χ0) is 23.1. The monoisotopic (exact) mass is 439 g/mol.